The van der Waals surface area contributed by atoms with Crippen molar-refractivity contribution >= 4 is 15.9 Å². The minimum atomic E-state index is 0.632. The van der Waals surface area contributed by atoms with Crippen molar-refractivity contribution in [3.63, 3.8) is 0 Å². The van der Waals surface area contributed by atoms with E-state index in [1.807, 2.05) is 41.4 Å². The number of hydrogen-bond donors (Lipinski definition) is 1. The van der Waals surface area contributed by atoms with E-state index in [1.165, 1.54) is 0 Å². The van der Waals surface area contributed by atoms with Crippen LogP contribution in [0.2, 0.25) is 0 Å². The second-order valence-corrected chi connectivity index (χ2v) is 5.10. The smallest absolute Gasteiger partial charge is 0.120 e. The standard InChI is InChI=1S/C14H18BrN3O/c1-2-16-9-13-10-18(11-17-13)6-7-19-14-5-3-4-12(15)8-14/h3-5,8,10-11,16H,2,6-7,9H2,1H3. The van der Waals surface area contributed by atoms with Gasteiger partial charge in [0.05, 0.1) is 18.6 Å². The highest BCUT2D eigenvalue weighted by atomic mass is 79.9. The van der Waals surface area contributed by atoms with Gasteiger partial charge in [-0.15, -0.1) is 0 Å². The number of halogens is 1. The van der Waals surface area contributed by atoms with Gasteiger partial charge in [-0.25, -0.2) is 4.98 Å². The van der Waals surface area contributed by atoms with Gasteiger partial charge in [0.15, 0.2) is 0 Å². The fourth-order valence-electron chi connectivity index (χ4n) is 1.70. The van der Waals surface area contributed by atoms with Crippen LogP contribution in [0.5, 0.6) is 5.75 Å². The number of rotatable bonds is 7. The minimum absolute atomic E-state index is 0.632. The van der Waals surface area contributed by atoms with Gasteiger partial charge in [-0.3, -0.25) is 0 Å². The molecule has 1 heterocycles. The van der Waals surface area contributed by atoms with E-state index in [0.717, 1.165) is 35.6 Å². The predicted octanol–water partition coefficient (Wildman–Crippen LogP) is 2.83. The Morgan fingerprint density at radius 1 is 1.42 bits per heavy atom. The molecule has 0 aliphatic carbocycles. The Bertz CT molecular complexity index is 513. The van der Waals surface area contributed by atoms with Gasteiger partial charge in [-0.2, -0.15) is 0 Å². The van der Waals surface area contributed by atoms with Crippen molar-refractivity contribution in [1.29, 1.82) is 0 Å². The summed E-state index contributed by atoms with van der Waals surface area (Å²) >= 11 is 3.42. The summed E-state index contributed by atoms with van der Waals surface area (Å²) in [7, 11) is 0. The number of hydrogen-bond acceptors (Lipinski definition) is 3. The van der Waals surface area contributed by atoms with Crippen LogP contribution in [0.4, 0.5) is 0 Å². The molecule has 102 valence electrons. The lowest BCUT2D eigenvalue weighted by molar-refractivity contribution is 0.298. The number of nitrogens with zero attached hydrogens (tertiary/aromatic N) is 2. The zero-order valence-corrected chi connectivity index (χ0v) is 12.6. The second kappa shape index (κ2) is 7.31. The quantitative estimate of drug-likeness (QED) is 0.851. The highest BCUT2D eigenvalue weighted by molar-refractivity contribution is 9.10. The van der Waals surface area contributed by atoms with E-state index in [4.69, 9.17) is 4.74 Å². The molecular weight excluding hydrogens is 306 g/mol. The Morgan fingerprint density at radius 3 is 3.11 bits per heavy atom. The van der Waals surface area contributed by atoms with Gasteiger partial charge < -0.3 is 14.6 Å². The molecule has 2 rings (SSSR count). The molecule has 0 fully saturated rings. The molecule has 0 spiro atoms. The molecule has 0 bridgehead atoms. The highest BCUT2D eigenvalue weighted by Crippen LogP contribution is 2.17. The molecule has 1 N–H and O–H groups in total. The van der Waals surface area contributed by atoms with Gasteiger partial charge in [0, 0.05) is 17.2 Å². The maximum Gasteiger partial charge on any atom is 0.120 e. The van der Waals surface area contributed by atoms with Crippen LogP contribution in [0.1, 0.15) is 12.6 Å². The Hall–Kier alpha value is -1.33. The van der Waals surface area contributed by atoms with E-state index in [2.05, 4.69) is 33.2 Å². The maximum atomic E-state index is 5.69. The first-order chi connectivity index (χ1) is 9.28. The van der Waals surface area contributed by atoms with Crippen molar-refractivity contribution in [1.82, 2.24) is 14.9 Å². The van der Waals surface area contributed by atoms with Crippen LogP contribution in [0.3, 0.4) is 0 Å². The summed E-state index contributed by atoms with van der Waals surface area (Å²) in [6.45, 7) is 5.29. The summed E-state index contributed by atoms with van der Waals surface area (Å²) in [6.07, 6.45) is 3.89. The van der Waals surface area contributed by atoms with Crippen molar-refractivity contribution in [2.24, 2.45) is 0 Å². The van der Waals surface area contributed by atoms with Crippen molar-refractivity contribution in [3.05, 3.63) is 47.0 Å². The van der Waals surface area contributed by atoms with Crippen LogP contribution >= 0.6 is 15.9 Å². The first-order valence-electron chi connectivity index (χ1n) is 6.37. The van der Waals surface area contributed by atoms with Gasteiger partial charge in [0.1, 0.15) is 12.4 Å². The summed E-state index contributed by atoms with van der Waals surface area (Å²) in [5.41, 5.74) is 1.06. The summed E-state index contributed by atoms with van der Waals surface area (Å²) in [4.78, 5) is 4.33. The van der Waals surface area contributed by atoms with Crippen LogP contribution in [-0.4, -0.2) is 22.7 Å². The third kappa shape index (κ3) is 4.69. The fourth-order valence-corrected chi connectivity index (χ4v) is 2.08. The molecule has 0 amide bonds. The molecule has 1 aromatic heterocycles. The van der Waals surface area contributed by atoms with Crippen LogP contribution in [0.15, 0.2) is 41.3 Å². The SMILES string of the molecule is CCNCc1cn(CCOc2cccc(Br)c2)cn1. The molecule has 19 heavy (non-hydrogen) atoms. The second-order valence-electron chi connectivity index (χ2n) is 4.19. The van der Waals surface area contributed by atoms with Crippen molar-refractivity contribution in [2.75, 3.05) is 13.2 Å². The monoisotopic (exact) mass is 323 g/mol. The molecule has 5 heteroatoms. The van der Waals surface area contributed by atoms with Crippen LogP contribution in [0.25, 0.3) is 0 Å². The molecule has 0 saturated carbocycles. The average Bonchev–Trinajstić information content (AvgIpc) is 2.84. The largest absolute Gasteiger partial charge is 0.492 e. The van der Waals surface area contributed by atoms with E-state index in [9.17, 15) is 0 Å². The maximum absolute atomic E-state index is 5.69. The molecule has 0 atom stereocenters. The van der Waals surface area contributed by atoms with E-state index in [-0.39, 0.29) is 0 Å². The lowest BCUT2D eigenvalue weighted by atomic mass is 10.3. The topological polar surface area (TPSA) is 39.1 Å². The third-order valence-corrected chi connectivity index (χ3v) is 3.15. The fraction of sp³-hybridized carbons (Fsp3) is 0.357. The van der Waals surface area contributed by atoms with Gasteiger partial charge in [-0.05, 0) is 24.7 Å². The Labute approximate surface area is 121 Å². The first kappa shape index (κ1) is 14.1. The van der Waals surface area contributed by atoms with Crippen LogP contribution < -0.4 is 10.1 Å². The minimum Gasteiger partial charge on any atom is -0.492 e. The molecule has 0 aliphatic rings. The highest BCUT2D eigenvalue weighted by Gasteiger charge is 1.99. The number of benzene rings is 1. The summed E-state index contributed by atoms with van der Waals surface area (Å²) in [5.74, 6) is 0.877. The van der Waals surface area contributed by atoms with Gasteiger partial charge in [0.25, 0.3) is 0 Å². The normalized spacial score (nSPS) is 10.6. The van der Waals surface area contributed by atoms with Crippen LogP contribution in [-0.2, 0) is 13.1 Å². The molecule has 0 unspecified atom stereocenters. The lowest BCUT2D eigenvalue weighted by Crippen LogP contribution is -2.12. The zero-order chi connectivity index (χ0) is 13.5. The summed E-state index contributed by atoms with van der Waals surface area (Å²) in [6, 6.07) is 7.86. The molecule has 0 saturated heterocycles. The Kier molecular flexibility index (Phi) is 5.42. The number of nitrogens with one attached hydrogen (secondary N) is 1. The van der Waals surface area contributed by atoms with Gasteiger partial charge in [-0.1, -0.05) is 28.9 Å². The third-order valence-electron chi connectivity index (χ3n) is 2.66. The molecular formula is C14H18BrN3O. The lowest BCUT2D eigenvalue weighted by Gasteiger charge is -2.06. The van der Waals surface area contributed by atoms with E-state index < -0.39 is 0 Å². The van der Waals surface area contributed by atoms with Crippen molar-refractivity contribution in [3.8, 4) is 5.75 Å². The number of imidazole rings is 1. The van der Waals surface area contributed by atoms with Crippen molar-refractivity contribution in [2.45, 2.75) is 20.0 Å². The average molecular weight is 324 g/mol. The zero-order valence-electron chi connectivity index (χ0n) is 11.0. The predicted molar refractivity (Wildman–Crippen MR) is 79.2 cm³/mol. The summed E-state index contributed by atoms with van der Waals surface area (Å²) in [5, 5.41) is 3.25. The van der Waals surface area contributed by atoms with Crippen molar-refractivity contribution < 1.29 is 4.74 Å². The van der Waals surface area contributed by atoms with Crippen LogP contribution in [0, 0.1) is 0 Å². The molecule has 1 aromatic carbocycles. The van der Waals surface area contributed by atoms with Gasteiger partial charge in [0.2, 0.25) is 0 Å². The summed E-state index contributed by atoms with van der Waals surface area (Å²) < 4.78 is 8.76. The number of ether oxygens (including phenoxy) is 1. The van der Waals surface area contributed by atoms with Gasteiger partial charge >= 0.3 is 0 Å². The molecule has 0 aliphatic heterocycles. The number of aromatic nitrogens is 2. The molecule has 4 nitrogen and oxygen atoms in total. The first-order valence-corrected chi connectivity index (χ1v) is 7.17. The Balaban J connectivity index is 1.77. The molecule has 2 aromatic rings. The van der Waals surface area contributed by atoms with E-state index in [1.54, 1.807) is 0 Å². The molecule has 0 radical (unpaired) electrons. The van der Waals surface area contributed by atoms with E-state index >= 15 is 0 Å². The van der Waals surface area contributed by atoms with E-state index in [0.29, 0.717) is 6.61 Å². The Morgan fingerprint density at radius 2 is 2.32 bits per heavy atom.